The van der Waals surface area contributed by atoms with Crippen molar-refractivity contribution >= 4 is 0 Å². The second kappa shape index (κ2) is 5.46. The van der Waals surface area contributed by atoms with Gasteiger partial charge < -0.3 is 14.6 Å². The van der Waals surface area contributed by atoms with Crippen molar-refractivity contribution in [2.45, 2.75) is 44.4 Å². The highest BCUT2D eigenvalue weighted by Crippen LogP contribution is 2.21. The third-order valence-electron chi connectivity index (χ3n) is 3.45. The van der Waals surface area contributed by atoms with E-state index in [9.17, 15) is 0 Å². The fraction of sp³-hybridized carbons (Fsp3) is 0.750. The fourth-order valence-electron chi connectivity index (χ4n) is 2.25. The quantitative estimate of drug-likeness (QED) is 0.840. The predicted molar refractivity (Wildman–Crippen MR) is 63.1 cm³/mol. The number of nitrogens with zero attached hydrogens (tertiary/aromatic N) is 2. The SMILES string of the molecule is CNC1CCC(OCc2nccn2C)CC1. The highest BCUT2D eigenvalue weighted by atomic mass is 16.5. The molecule has 0 unspecified atom stereocenters. The number of aromatic nitrogens is 2. The van der Waals surface area contributed by atoms with Crippen LogP contribution >= 0.6 is 0 Å². The first-order valence-corrected chi connectivity index (χ1v) is 6.04. The van der Waals surface area contributed by atoms with Gasteiger partial charge >= 0.3 is 0 Å². The van der Waals surface area contributed by atoms with Gasteiger partial charge in [0.15, 0.2) is 0 Å². The van der Waals surface area contributed by atoms with Crippen molar-refractivity contribution in [3.8, 4) is 0 Å². The Morgan fingerprint density at radius 2 is 2.19 bits per heavy atom. The van der Waals surface area contributed by atoms with Crippen LogP contribution in [-0.2, 0) is 18.4 Å². The molecule has 1 aliphatic carbocycles. The molecule has 90 valence electrons. The lowest BCUT2D eigenvalue weighted by Crippen LogP contribution is -2.33. The van der Waals surface area contributed by atoms with Gasteiger partial charge in [-0.15, -0.1) is 0 Å². The van der Waals surface area contributed by atoms with Crippen molar-refractivity contribution in [3.05, 3.63) is 18.2 Å². The summed E-state index contributed by atoms with van der Waals surface area (Å²) in [5.74, 6) is 1.01. The van der Waals surface area contributed by atoms with Gasteiger partial charge in [-0.25, -0.2) is 4.98 Å². The molecule has 0 saturated heterocycles. The van der Waals surface area contributed by atoms with E-state index in [1.807, 2.05) is 31.1 Å². The molecule has 16 heavy (non-hydrogen) atoms. The van der Waals surface area contributed by atoms with Crippen LogP contribution in [0.1, 0.15) is 31.5 Å². The Bertz CT molecular complexity index is 316. The third kappa shape index (κ3) is 2.83. The van der Waals surface area contributed by atoms with Gasteiger partial charge in [0.25, 0.3) is 0 Å². The molecule has 0 aromatic carbocycles. The van der Waals surface area contributed by atoms with Crippen LogP contribution in [-0.4, -0.2) is 28.7 Å². The maximum atomic E-state index is 5.89. The van der Waals surface area contributed by atoms with Crippen molar-refractivity contribution in [1.29, 1.82) is 0 Å². The average molecular weight is 223 g/mol. The highest BCUT2D eigenvalue weighted by Gasteiger charge is 2.20. The molecule has 4 nitrogen and oxygen atoms in total. The minimum Gasteiger partial charge on any atom is -0.370 e. The van der Waals surface area contributed by atoms with Gasteiger partial charge in [-0.2, -0.15) is 0 Å². The third-order valence-corrected chi connectivity index (χ3v) is 3.45. The summed E-state index contributed by atoms with van der Waals surface area (Å²) in [5.41, 5.74) is 0. The summed E-state index contributed by atoms with van der Waals surface area (Å²) in [6.45, 7) is 0.637. The van der Waals surface area contributed by atoms with Crippen molar-refractivity contribution in [2.75, 3.05) is 7.05 Å². The Morgan fingerprint density at radius 1 is 1.44 bits per heavy atom. The predicted octanol–water partition coefficient (Wildman–Crippen LogP) is 1.47. The van der Waals surface area contributed by atoms with E-state index in [0.29, 0.717) is 18.8 Å². The molecular weight excluding hydrogens is 202 g/mol. The highest BCUT2D eigenvalue weighted by molar-refractivity contribution is 4.89. The monoisotopic (exact) mass is 223 g/mol. The molecule has 0 amide bonds. The van der Waals surface area contributed by atoms with Gasteiger partial charge in [-0.05, 0) is 32.7 Å². The number of hydrogen-bond acceptors (Lipinski definition) is 3. The molecule has 0 atom stereocenters. The molecule has 2 rings (SSSR count). The summed E-state index contributed by atoms with van der Waals surface area (Å²) in [7, 11) is 4.04. The summed E-state index contributed by atoms with van der Waals surface area (Å²) in [6.07, 6.45) is 8.96. The lowest BCUT2D eigenvalue weighted by molar-refractivity contribution is 0.00774. The fourth-order valence-corrected chi connectivity index (χ4v) is 2.25. The summed E-state index contributed by atoms with van der Waals surface area (Å²) in [6, 6.07) is 0.688. The maximum Gasteiger partial charge on any atom is 0.134 e. The summed E-state index contributed by atoms with van der Waals surface area (Å²) in [4.78, 5) is 4.26. The van der Waals surface area contributed by atoms with Gasteiger partial charge in [-0.3, -0.25) is 0 Å². The van der Waals surface area contributed by atoms with E-state index in [0.717, 1.165) is 18.7 Å². The van der Waals surface area contributed by atoms with Crippen LogP contribution in [0.3, 0.4) is 0 Å². The van der Waals surface area contributed by atoms with Crippen molar-refractivity contribution < 1.29 is 4.74 Å². The normalized spacial score (nSPS) is 25.9. The summed E-state index contributed by atoms with van der Waals surface area (Å²) >= 11 is 0. The number of nitrogens with one attached hydrogen (secondary N) is 1. The smallest absolute Gasteiger partial charge is 0.134 e. The first kappa shape index (κ1) is 11.6. The van der Waals surface area contributed by atoms with Crippen LogP contribution in [0.5, 0.6) is 0 Å². The summed E-state index contributed by atoms with van der Waals surface area (Å²) in [5, 5.41) is 3.33. The Labute approximate surface area is 97.0 Å². The topological polar surface area (TPSA) is 39.1 Å². The number of imidazole rings is 1. The van der Waals surface area contributed by atoms with Crippen molar-refractivity contribution in [2.24, 2.45) is 7.05 Å². The lowest BCUT2D eigenvalue weighted by Gasteiger charge is -2.28. The zero-order valence-electron chi connectivity index (χ0n) is 10.1. The second-order valence-corrected chi connectivity index (χ2v) is 4.53. The molecule has 0 aliphatic heterocycles. The van der Waals surface area contributed by atoms with E-state index in [2.05, 4.69) is 10.3 Å². The first-order chi connectivity index (χ1) is 7.79. The molecule has 1 aliphatic rings. The minimum atomic E-state index is 0.418. The minimum absolute atomic E-state index is 0.418. The Kier molecular flexibility index (Phi) is 3.96. The van der Waals surface area contributed by atoms with Crippen LogP contribution in [0, 0.1) is 0 Å². The van der Waals surface area contributed by atoms with Crippen LogP contribution in [0.4, 0.5) is 0 Å². The van der Waals surface area contributed by atoms with Crippen LogP contribution in [0.25, 0.3) is 0 Å². The molecule has 1 aromatic heterocycles. The molecule has 1 aromatic rings. The Balaban J connectivity index is 1.73. The zero-order chi connectivity index (χ0) is 11.4. The number of aryl methyl sites for hydroxylation is 1. The average Bonchev–Trinajstić information content (AvgIpc) is 2.73. The second-order valence-electron chi connectivity index (χ2n) is 4.53. The number of ether oxygens (including phenoxy) is 1. The number of hydrogen-bond donors (Lipinski definition) is 1. The molecule has 1 N–H and O–H groups in total. The molecule has 1 saturated carbocycles. The van der Waals surface area contributed by atoms with E-state index < -0.39 is 0 Å². The van der Waals surface area contributed by atoms with Crippen molar-refractivity contribution in [1.82, 2.24) is 14.9 Å². The van der Waals surface area contributed by atoms with E-state index >= 15 is 0 Å². The van der Waals surface area contributed by atoms with E-state index in [1.165, 1.54) is 12.8 Å². The Hall–Kier alpha value is -0.870. The maximum absolute atomic E-state index is 5.89. The van der Waals surface area contributed by atoms with Gasteiger partial charge in [0, 0.05) is 25.5 Å². The van der Waals surface area contributed by atoms with Gasteiger partial charge in [0.2, 0.25) is 0 Å². The van der Waals surface area contributed by atoms with Crippen molar-refractivity contribution in [3.63, 3.8) is 0 Å². The molecule has 0 bridgehead atoms. The zero-order valence-corrected chi connectivity index (χ0v) is 10.1. The van der Waals surface area contributed by atoms with E-state index in [4.69, 9.17) is 4.74 Å². The molecule has 1 fully saturated rings. The molecule has 0 spiro atoms. The molecular formula is C12H21N3O. The van der Waals surface area contributed by atoms with Gasteiger partial charge in [-0.1, -0.05) is 0 Å². The molecule has 4 heteroatoms. The number of rotatable bonds is 4. The molecule has 1 heterocycles. The largest absolute Gasteiger partial charge is 0.370 e. The molecule has 0 radical (unpaired) electrons. The van der Waals surface area contributed by atoms with Gasteiger partial charge in [0.05, 0.1) is 6.10 Å². The summed E-state index contributed by atoms with van der Waals surface area (Å²) < 4.78 is 7.90. The first-order valence-electron chi connectivity index (χ1n) is 6.04. The standard InChI is InChI=1S/C12H21N3O/c1-13-10-3-5-11(6-4-10)16-9-12-14-7-8-15(12)2/h7-8,10-11,13H,3-6,9H2,1-2H3. The lowest BCUT2D eigenvalue weighted by atomic mass is 9.93. The van der Waals surface area contributed by atoms with Crippen LogP contribution < -0.4 is 5.32 Å². The van der Waals surface area contributed by atoms with E-state index in [-0.39, 0.29) is 0 Å². The van der Waals surface area contributed by atoms with Gasteiger partial charge in [0.1, 0.15) is 12.4 Å². The van der Waals surface area contributed by atoms with Crippen LogP contribution in [0.2, 0.25) is 0 Å². The Morgan fingerprint density at radius 3 is 2.75 bits per heavy atom. The van der Waals surface area contributed by atoms with E-state index in [1.54, 1.807) is 0 Å². The van der Waals surface area contributed by atoms with Crippen LogP contribution in [0.15, 0.2) is 12.4 Å².